The van der Waals surface area contributed by atoms with E-state index in [2.05, 4.69) is 27.7 Å². The Kier molecular flexibility index (Phi) is 3.91. The third-order valence-electron chi connectivity index (χ3n) is 1.98. The van der Waals surface area contributed by atoms with Gasteiger partial charge in [-0.05, 0) is 17.8 Å². The molecular weight excluding hydrogens is 124 g/mol. The third-order valence-corrected chi connectivity index (χ3v) is 1.98. The molecule has 10 heavy (non-hydrogen) atoms. The van der Waals surface area contributed by atoms with Crippen LogP contribution in [0.3, 0.4) is 0 Å². The zero-order valence-corrected chi connectivity index (χ0v) is 7.46. The van der Waals surface area contributed by atoms with E-state index in [0.717, 1.165) is 0 Å². The summed E-state index contributed by atoms with van der Waals surface area (Å²) in [4.78, 5) is 0. The van der Waals surface area contributed by atoms with Crippen LogP contribution in [0.1, 0.15) is 27.7 Å². The van der Waals surface area contributed by atoms with Gasteiger partial charge in [0.2, 0.25) is 0 Å². The lowest BCUT2D eigenvalue weighted by Gasteiger charge is -2.27. The predicted octanol–water partition coefficient (Wildman–Crippen LogP) is 1.16. The first-order valence-electron chi connectivity index (χ1n) is 3.98. The molecule has 0 saturated carbocycles. The maximum Gasteiger partial charge on any atom is 0.0554 e. The maximum atomic E-state index is 5.62. The lowest BCUT2D eigenvalue weighted by molar-refractivity contribution is 0.241. The number of hydrogen-bond donors (Lipinski definition) is 2. The molecule has 0 heterocycles. The van der Waals surface area contributed by atoms with Crippen molar-refractivity contribution >= 4 is 0 Å². The van der Waals surface area contributed by atoms with Crippen LogP contribution < -0.4 is 11.5 Å². The van der Waals surface area contributed by atoms with Crippen LogP contribution in [-0.2, 0) is 0 Å². The Hall–Kier alpha value is -0.0800. The molecule has 0 atom stereocenters. The van der Waals surface area contributed by atoms with Crippen molar-refractivity contribution in [1.29, 1.82) is 0 Å². The predicted molar refractivity (Wildman–Crippen MR) is 45.3 cm³/mol. The quantitative estimate of drug-likeness (QED) is 0.584. The van der Waals surface area contributed by atoms with Gasteiger partial charge >= 0.3 is 0 Å². The normalized spacial score (nSPS) is 12.6. The van der Waals surface area contributed by atoms with Crippen LogP contribution in [0.25, 0.3) is 0 Å². The summed E-state index contributed by atoms with van der Waals surface area (Å²) >= 11 is 0. The highest BCUT2D eigenvalue weighted by atomic mass is 14.9. The SMILES string of the molecule is CC(C)C(C(C)C)C(N)N. The summed E-state index contributed by atoms with van der Waals surface area (Å²) in [6, 6.07) is 0. The third kappa shape index (κ3) is 2.67. The van der Waals surface area contributed by atoms with Gasteiger partial charge in [0.15, 0.2) is 0 Å². The van der Waals surface area contributed by atoms with Crippen LogP contribution in [-0.4, -0.2) is 6.17 Å². The highest BCUT2D eigenvalue weighted by Crippen LogP contribution is 2.20. The molecule has 0 radical (unpaired) electrons. The molecule has 4 N–H and O–H groups in total. The van der Waals surface area contributed by atoms with Gasteiger partial charge in [-0.25, -0.2) is 0 Å². The van der Waals surface area contributed by atoms with Crippen LogP contribution in [0.5, 0.6) is 0 Å². The van der Waals surface area contributed by atoms with E-state index in [4.69, 9.17) is 11.5 Å². The first-order chi connectivity index (χ1) is 4.46. The summed E-state index contributed by atoms with van der Waals surface area (Å²) in [5.74, 6) is 1.61. The van der Waals surface area contributed by atoms with Gasteiger partial charge in [-0.15, -0.1) is 0 Å². The van der Waals surface area contributed by atoms with Crippen molar-refractivity contribution in [2.45, 2.75) is 33.9 Å². The molecule has 0 fully saturated rings. The first-order valence-corrected chi connectivity index (χ1v) is 3.98. The van der Waals surface area contributed by atoms with E-state index in [1.807, 2.05) is 0 Å². The Morgan fingerprint density at radius 1 is 0.800 bits per heavy atom. The van der Waals surface area contributed by atoms with Crippen molar-refractivity contribution < 1.29 is 0 Å². The average molecular weight is 144 g/mol. The van der Waals surface area contributed by atoms with E-state index < -0.39 is 0 Å². The van der Waals surface area contributed by atoms with E-state index in [0.29, 0.717) is 17.8 Å². The molecule has 0 saturated heterocycles. The second kappa shape index (κ2) is 3.94. The largest absolute Gasteiger partial charge is 0.316 e. The Labute approximate surface area is 64.0 Å². The molecule has 0 aliphatic rings. The molecule has 0 amide bonds. The Bertz CT molecular complexity index is 68.2. The van der Waals surface area contributed by atoms with Gasteiger partial charge in [0, 0.05) is 0 Å². The summed E-state index contributed by atoms with van der Waals surface area (Å²) in [6.07, 6.45) is -0.167. The maximum absolute atomic E-state index is 5.62. The van der Waals surface area contributed by atoms with Crippen molar-refractivity contribution in [3.05, 3.63) is 0 Å². The smallest absolute Gasteiger partial charge is 0.0554 e. The van der Waals surface area contributed by atoms with E-state index in [1.54, 1.807) is 0 Å². The highest BCUT2D eigenvalue weighted by molar-refractivity contribution is 4.73. The fraction of sp³-hybridized carbons (Fsp3) is 1.00. The van der Waals surface area contributed by atoms with Crippen LogP contribution in [0.2, 0.25) is 0 Å². The summed E-state index contributed by atoms with van der Waals surface area (Å²) in [6.45, 7) is 8.66. The Morgan fingerprint density at radius 2 is 1.10 bits per heavy atom. The van der Waals surface area contributed by atoms with Gasteiger partial charge in [-0.3, -0.25) is 0 Å². The zero-order chi connectivity index (χ0) is 8.31. The Morgan fingerprint density at radius 3 is 1.10 bits per heavy atom. The monoisotopic (exact) mass is 144 g/mol. The summed E-state index contributed by atoms with van der Waals surface area (Å²) < 4.78 is 0. The van der Waals surface area contributed by atoms with E-state index in [1.165, 1.54) is 0 Å². The lowest BCUT2D eigenvalue weighted by Crippen LogP contribution is -2.43. The van der Waals surface area contributed by atoms with Crippen LogP contribution in [0, 0.1) is 17.8 Å². The Balaban J connectivity index is 3.98. The topological polar surface area (TPSA) is 52.0 Å². The van der Waals surface area contributed by atoms with E-state index in [-0.39, 0.29) is 6.17 Å². The molecule has 2 heteroatoms. The van der Waals surface area contributed by atoms with Crippen molar-refractivity contribution in [2.24, 2.45) is 29.2 Å². The molecular formula is C8H20N2. The fourth-order valence-electron chi connectivity index (χ4n) is 1.66. The molecule has 0 aromatic heterocycles. The van der Waals surface area contributed by atoms with Crippen molar-refractivity contribution in [3.63, 3.8) is 0 Å². The van der Waals surface area contributed by atoms with Gasteiger partial charge in [0.25, 0.3) is 0 Å². The summed E-state index contributed by atoms with van der Waals surface area (Å²) in [7, 11) is 0. The number of hydrogen-bond acceptors (Lipinski definition) is 2. The van der Waals surface area contributed by atoms with Gasteiger partial charge in [0.1, 0.15) is 0 Å². The molecule has 0 aliphatic carbocycles. The van der Waals surface area contributed by atoms with Crippen molar-refractivity contribution in [3.8, 4) is 0 Å². The van der Waals surface area contributed by atoms with Crippen molar-refractivity contribution in [2.75, 3.05) is 0 Å². The highest BCUT2D eigenvalue weighted by Gasteiger charge is 2.21. The van der Waals surface area contributed by atoms with Gasteiger partial charge in [-0.2, -0.15) is 0 Å². The lowest BCUT2D eigenvalue weighted by atomic mass is 9.83. The van der Waals surface area contributed by atoms with E-state index in [9.17, 15) is 0 Å². The van der Waals surface area contributed by atoms with Crippen molar-refractivity contribution in [1.82, 2.24) is 0 Å². The minimum atomic E-state index is -0.167. The number of rotatable bonds is 3. The van der Waals surface area contributed by atoms with Crippen LogP contribution in [0.15, 0.2) is 0 Å². The molecule has 0 aromatic carbocycles. The fourth-order valence-corrected chi connectivity index (χ4v) is 1.66. The molecule has 2 nitrogen and oxygen atoms in total. The van der Waals surface area contributed by atoms with Crippen LogP contribution in [0.4, 0.5) is 0 Å². The molecule has 0 aromatic rings. The summed E-state index contributed by atoms with van der Waals surface area (Å²) in [5, 5.41) is 0. The zero-order valence-electron chi connectivity index (χ0n) is 7.46. The molecule has 0 rings (SSSR count). The van der Waals surface area contributed by atoms with Gasteiger partial charge in [0.05, 0.1) is 6.17 Å². The van der Waals surface area contributed by atoms with Gasteiger partial charge in [-0.1, -0.05) is 27.7 Å². The average Bonchev–Trinajstić information content (AvgIpc) is 1.59. The standard InChI is InChI=1S/C8H20N2/c1-5(2)7(6(3)4)8(9)10/h5-8H,9-10H2,1-4H3. The van der Waals surface area contributed by atoms with Gasteiger partial charge < -0.3 is 11.5 Å². The molecule has 0 bridgehead atoms. The molecule has 0 spiro atoms. The number of nitrogens with two attached hydrogens (primary N) is 2. The molecule has 0 aliphatic heterocycles. The van der Waals surface area contributed by atoms with E-state index >= 15 is 0 Å². The molecule has 0 unspecified atom stereocenters. The minimum Gasteiger partial charge on any atom is -0.316 e. The second-order valence-electron chi connectivity index (χ2n) is 3.64. The summed E-state index contributed by atoms with van der Waals surface area (Å²) in [5.41, 5.74) is 11.2. The molecule has 62 valence electrons. The minimum absolute atomic E-state index is 0.167. The second-order valence-corrected chi connectivity index (χ2v) is 3.64. The van der Waals surface area contributed by atoms with Crippen LogP contribution >= 0.6 is 0 Å². The first kappa shape index (κ1) is 9.92.